The van der Waals surface area contributed by atoms with Crippen molar-refractivity contribution in [3.05, 3.63) is 107 Å². The lowest BCUT2D eigenvalue weighted by atomic mass is 9.71. The van der Waals surface area contributed by atoms with Crippen molar-refractivity contribution in [2.75, 3.05) is 45.9 Å². The topological polar surface area (TPSA) is 111 Å². The van der Waals surface area contributed by atoms with Crippen molar-refractivity contribution in [1.29, 1.82) is 0 Å². The van der Waals surface area contributed by atoms with E-state index in [0.717, 1.165) is 49.2 Å². The van der Waals surface area contributed by atoms with Crippen molar-refractivity contribution in [3.8, 4) is 0 Å². The molecule has 0 spiro atoms. The molecule has 2 aliphatic rings. The van der Waals surface area contributed by atoms with Gasteiger partial charge in [0.05, 0.1) is 12.2 Å². The molecule has 262 valence electrons. The Morgan fingerprint density at radius 2 is 1.49 bits per heavy atom. The van der Waals surface area contributed by atoms with Crippen LogP contribution in [0.3, 0.4) is 0 Å². The molecular weight excluding hydrogens is 640 g/mol. The fourth-order valence-corrected chi connectivity index (χ4v) is 7.38. The van der Waals surface area contributed by atoms with Gasteiger partial charge in [-0.2, -0.15) is 0 Å². The van der Waals surface area contributed by atoms with E-state index in [0.29, 0.717) is 50.3 Å². The van der Waals surface area contributed by atoms with Crippen molar-refractivity contribution in [1.82, 2.24) is 20.4 Å². The van der Waals surface area contributed by atoms with Crippen LogP contribution in [0.15, 0.2) is 84.9 Å². The Balaban J connectivity index is 1.20. The van der Waals surface area contributed by atoms with Crippen LogP contribution in [-0.2, 0) is 25.3 Å². The van der Waals surface area contributed by atoms with E-state index in [1.165, 1.54) is 0 Å². The summed E-state index contributed by atoms with van der Waals surface area (Å²) in [6.45, 7) is 5.84. The largest absolute Gasteiger partial charge is 0.466 e. The van der Waals surface area contributed by atoms with Crippen LogP contribution in [0.2, 0.25) is 5.02 Å². The summed E-state index contributed by atoms with van der Waals surface area (Å²) >= 11 is 6.08. The number of nitrogens with one attached hydrogen (secondary N) is 2. The molecule has 0 saturated carbocycles. The van der Waals surface area contributed by atoms with Gasteiger partial charge in [-0.05, 0) is 80.8 Å². The summed E-state index contributed by atoms with van der Waals surface area (Å²) in [4.78, 5) is 41.7. The number of aliphatic hydroxyl groups is 1. The minimum atomic E-state index is -0.842. The average Bonchev–Trinajstić information content (AvgIpc) is 3.12. The number of esters is 1. The van der Waals surface area contributed by atoms with E-state index in [9.17, 15) is 19.5 Å². The number of carbonyl (C=O) groups excluding carboxylic acids is 3. The zero-order chi connectivity index (χ0) is 34.7. The fraction of sp³-hybridized carbons (Fsp3) is 0.462. The molecule has 3 aromatic carbocycles. The van der Waals surface area contributed by atoms with Gasteiger partial charge >= 0.3 is 12.0 Å². The Morgan fingerprint density at radius 1 is 0.898 bits per heavy atom. The number of amides is 3. The van der Waals surface area contributed by atoms with Gasteiger partial charge in [0.25, 0.3) is 0 Å². The van der Waals surface area contributed by atoms with Crippen LogP contribution in [0.25, 0.3) is 0 Å². The molecule has 2 aliphatic heterocycles. The standard InChI is InChI=1S/C39H49ClN4O5/c1-2-49-36(46)28-35(45)44-24-18-34(19-25-44)42-37(47)41-29-38(30-10-5-3-6-11-30,31-12-7-4-8-13-31)20-9-23-43-26-21-39(48,22-27-43)32-14-16-33(40)17-15-32/h3-8,10-17,34,48H,2,9,18-29H2,1H3,(H2,41,42,47). The number of hydrogen-bond acceptors (Lipinski definition) is 6. The molecule has 0 unspecified atom stereocenters. The number of urea groups is 1. The van der Waals surface area contributed by atoms with Gasteiger partial charge in [-0.3, -0.25) is 9.59 Å². The summed E-state index contributed by atoms with van der Waals surface area (Å²) in [6, 6.07) is 28.0. The van der Waals surface area contributed by atoms with Gasteiger partial charge in [0.15, 0.2) is 0 Å². The van der Waals surface area contributed by atoms with Gasteiger partial charge in [0.2, 0.25) is 5.91 Å². The smallest absolute Gasteiger partial charge is 0.315 e. The van der Waals surface area contributed by atoms with Crippen molar-refractivity contribution in [2.24, 2.45) is 0 Å². The lowest BCUT2D eigenvalue weighted by Gasteiger charge is -2.40. The van der Waals surface area contributed by atoms with Crippen molar-refractivity contribution in [3.63, 3.8) is 0 Å². The summed E-state index contributed by atoms with van der Waals surface area (Å²) in [5.41, 5.74) is 1.91. The molecule has 0 aliphatic carbocycles. The third kappa shape index (κ3) is 9.62. The van der Waals surface area contributed by atoms with Gasteiger partial charge in [0.1, 0.15) is 6.42 Å². The van der Waals surface area contributed by atoms with Crippen LogP contribution < -0.4 is 10.6 Å². The first kappa shape index (κ1) is 36.4. The normalized spacial score (nSPS) is 16.9. The molecular formula is C39H49ClN4O5. The summed E-state index contributed by atoms with van der Waals surface area (Å²) < 4.78 is 4.91. The number of benzene rings is 3. The molecule has 0 radical (unpaired) electrons. The molecule has 2 fully saturated rings. The minimum Gasteiger partial charge on any atom is -0.466 e. The first-order valence-corrected chi connectivity index (χ1v) is 17.9. The number of nitrogens with zero attached hydrogens (tertiary/aromatic N) is 2. The van der Waals surface area contributed by atoms with E-state index < -0.39 is 17.0 Å². The summed E-state index contributed by atoms with van der Waals surface area (Å²) in [7, 11) is 0. The van der Waals surface area contributed by atoms with Gasteiger partial charge in [0, 0.05) is 49.2 Å². The zero-order valence-corrected chi connectivity index (χ0v) is 29.2. The molecule has 2 saturated heterocycles. The number of carbonyl (C=O) groups is 3. The highest BCUT2D eigenvalue weighted by Crippen LogP contribution is 2.38. The van der Waals surface area contributed by atoms with E-state index in [1.807, 2.05) is 60.7 Å². The molecule has 0 atom stereocenters. The number of rotatable bonds is 13. The number of hydrogen-bond donors (Lipinski definition) is 3. The Bertz CT molecular complexity index is 1470. The number of likely N-dealkylation sites (tertiary alicyclic amines) is 2. The monoisotopic (exact) mass is 688 g/mol. The Hall–Kier alpha value is -3.92. The molecule has 3 aromatic rings. The van der Waals surface area contributed by atoms with Crippen molar-refractivity contribution in [2.45, 2.75) is 68.9 Å². The van der Waals surface area contributed by atoms with Crippen molar-refractivity contribution < 1.29 is 24.2 Å². The minimum absolute atomic E-state index is 0.0693. The second kappa shape index (κ2) is 17.1. The number of ether oxygens (including phenoxy) is 1. The van der Waals surface area contributed by atoms with E-state index >= 15 is 0 Å². The Kier molecular flexibility index (Phi) is 12.7. The quantitative estimate of drug-likeness (QED) is 0.159. The molecule has 10 heteroatoms. The lowest BCUT2D eigenvalue weighted by Crippen LogP contribution is -2.51. The van der Waals surface area contributed by atoms with Crippen LogP contribution >= 0.6 is 11.6 Å². The average molecular weight is 689 g/mol. The fourth-order valence-electron chi connectivity index (χ4n) is 7.25. The highest BCUT2D eigenvalue weighted by atomic mass is 35.5. The molecule has 2 heterocycles. The second-order valence-corrected chi connectivity index (χ2v) is 13.7. The molecule has 49 heavy (non-hydrogen) atoms. The summed E-state index contributed by atoms with van der Waals surface area (Å²) in [6.07, 6.45) is 4.04. The lowest BCUT2D eigenvalue weighted by molar-refractivity contribution is -0.149. The second-order valence-electron chi connectivity index (χ2n) is 13.3. The number of piperidine rings is 2. The predicted molar refractivity (Wildman–Crippen MR) is 191 cm³/mol. The number of halogens is 1. The Morgan fingerprint density at radius 3 is 2.06 bits per heavy atom. The molecule has 5 rings (SSSR count). The highest BCUT2D eigenvalue weighted by molar-refractivity contribution is 6.30. The maximum atomic E-state index is 13.4. The Labute approximate surface area is 295 Å². The maximum Gasteiger partial charge on any atom is 0.315 e. The SMILES string of the molecule is CCOC(=O)CC(=O)N1CCC(NC(=O)NCC(CCCN2CCC(O)(c3ccc(Cl)cc3)CC2)(c2ccccc2)c2ccccc2)CC1. The summed E-state index contributed by atoms with van der Waals surface area (Å²) in [5, 5.41) is 18.4. The van der Waals surface area contributed by atoms with Gasteiger partial charge in [-0.15, -0.1) is 0 Å². The van der Waals surface area contributed by atoms with Crippen LogP contribution in [0.1, 0.15) is 68.6 Å². The first-order valence-electron chi connectivity index (χ1n) is 17.5. The van der Waals surface area contributed by atoms with E-state index in [4.69, 9.17) is 16.3 Å². The van der Waals surface area contributed by atoms with Gasteiger partial charge in [-0.25, -0.2) is 4.79 Å². The highest BCUT2D eigenvalue weighted by Gasteiger charge is 2.37. The van der Waals surface area contributed by atoms with Gasteiger partial charge in [-0.1, -0.05) is 84.4 Å². The van der Waals surface area contributed by atoms with Crippen LogP contribution in [0.4, 0.5) is 4.79 Å². The molecule has 3 N–H and O–H groups in total. The maximum absolute atomic E-state index is 13.4. The molecule has 0 aromatic heterocycles. The zero-order valence-electron chi connectivity index (χ0n) is 28.4. The van der Waals surface area contributed by atoms with Crippen LogP contribution in [0.5, 0.6) is 0 Å². The molecule has 3 amide bonds. The van der Waals surface area contributed by atoms with Gasteiger partial charge < -0.3 is 30.3 Å². The van der Waals surface area contributed by atoms with Crippen LogP contribution in [0, 0.1) is 0 Å². The molecule has 9 nitrogen and oxygen atoms in total. The third-order valence-corrected chi connectivity index (χ3v) is 10.4. The predicted octanol–water partition coefficient (Wildman–Crippen LogP) is 5.63. The molecule has 0 bridgehead atoms. The van der Waals surface area contributed by atoms with Crippen LogP contribution in [-0.4, -0.2) is 84.7 Å². The summed E-state index contributed by atoms with van der Waals surface area (Å²) in [5.74, 6) is -0.747. The van der Waals surface area contributed by atoms with E-state index in [1.54, 1.807) is 11.8 Å². The van der Waals surface area contributed by atoms with E-state index in [2.05, 4.69) is 39.8 Å². The third-order valence-electron chi connectivity index (χ3n) is 10.1. The van der Waals surface area contributed by atoms with Crippen molar-refractivity contribution >= 4 is 29.5 Å². The first-order chi connectivity index (χ1) is 23.7. The van der Waals surface area contributed by atoms with E-state index in [-0.39, 0.29) is 31.0 Å².